The lowest BCUT2D eigenvalue weighted by Crippen LogP contribution is -2.40. The Morgan fingerprint density at radius 2 is 1.79 bits per heavy atom. The van der Waals surface area contributed by atoms with Crippen LogP contribution in [0, 0.1) is 0 Å². The van der Waals surface area contributed by atoms with Crippen molar-refractivity contribution in [1.82, 2.24) is 0 Å². The van der Waals surface area contributed by atoms with Gasteiger partial charge in [-0.3, -0.25) is 8.98 Å². The van der Waals surface area contributed by atoms with Gasteiger partial charge in [0.15, 0.2) is 5.78 Å². The first-order chi connectivity index (χ1) is 8.45. The van der Waals surface area contributed by atoms with E-state index in [1.165, 1.54) is 6.92 Å². The normalized spacial score (nSPS) is 11.5. The molecule has 0 saturated heterocycles. The van der Waals surface area contributed by atoms with Gasteiger partial charge < -0.3 is 9.04 Å². The molecule has 0 bridgehead atoms. The van der Waals surface area contributed by atoms with Crippen LogP contribution in [0.3, 0.4) is 0 Å². The topological polar surface area (TPSA) is 83.5 Å². The number of carbonyl (C=O) groups is 1. The minimum absolute atomic E-state index is 0.0914. The van der Waals surface area contributed by atoms with Crippen molar-refractivity contribution >= 4 is 16.2 Å². The fourth-order valence-corrected chi connectivity index (χ4v) is 1.21. The zero-order valence-electron chi connectivity index (χ0n) is 12.4. The molecule has 0 rings (SSSR count). The Balaban J connectivity index is 0. The van der Waals surface area contributed by atoms with Crippen molar-refractivity contribution < 1.29 is 26.4 Å². The molecule has 0 aromatic rings. The molecule has 0 atom stereocenters. The van der Waals surface area contributed by atoms with Crippen LogP contribution in [-0.2, 0) is 19.4 Å². The molecule has 0 fully saturated rings. The molecule has 0 N–H and O–H groups in total. The van der Waals surface area contributed by atoms with E-state index in [9.17, 15) is 17.8 Å². The van der Waals surface area contributed by atoms with Crippen LogP contribution in [0.4, 0.5) is 0 Å². The van der Waals surface area contributed by atoms with Gasteiger partial charge in [-0.25, -0.2) is 8.42 Å². The van der Waals surface area contributed by atoms with E-state index in [-0.39, 0.29) is 12.4 Å². The van der Waals surface area contributed by atoms with Gasteiger partial charge in [0, 0.05) is 0 Å². The molecular formula is C12H25NO5S. The predicted octanol–water partition coefficient (Wildman–Crippen LogP) is 1.10. The van der Waals surface area contributed by atoms with Crippen molar-refractivity contribution in [3.05, 3.63) is 12.2 Å². The van der Waals surface area contributed by atoms with E-state index in [1.54, 1.807) is 6.92 Å². The monoisotopic (exact) mass is 295 g/mol. The molecule has 0 amide bonds. The second-order valence-corrected chi connectivity index (χ2v) is 5.80. The predicted molar refractivity (Wildman–Crippen MR) is 73.3 cm³/mol. The van der Waals surface area contributed by atoms with Gasteiger partial charge in [-0.15, -0.1) is 0 Å². The largest absolute Gasteiger partial charge is 0.726 e. The first-order valence-electron chi connectivity index (χ1n) is 6.06. The Labute approximate surface area is 116 Å². The van der Waals surface area contributed by atoms with Crippen LogP contribution in [0.25, 0.3) is 0 Å². The van der Waals surface area contributed by atoms with Crippen LogP contribution in [0.2, 0.25) is 0 Å². The van der Waals surface area contributed by atoms with Crippen molar-refractivity contribution in [2.45, 2.75) is 27.2 Å². The minimum Gasteiger partial charge on any atom is -0.726 e. The summed E-state index contributed by atoms with van der Waals surface area (Å²) in [6, 6.07) is 0. The summed E-state index contributed by atoms with van der Waals surface area (Å²) in [7, 11) is -0.163. The van der Waals surface area contributed by atoms with E-state index in [1.807, 2.05) is 0 Å². The molecule has 0 unspecified atom stereocenters. The third-order valence-corrected chi connectivity index (χ3v) is 3.06. The standard InChI is InChI=1S/C10H20NO.C2H6O4S/c1-6-11(4,5)8-7-10(12)9(2)3;1-2-6-7(3,4)5/h2,6-8H2,1,3-5H3;2H2,1H3,(H,3,4,5)/q+1;/p-1. The first kappa shape index (κ1) is 20.6. The van der Waals surface area contributed by atoms with Crippen molar-refractivity contribution in [3.8, 4) is 0 Å². The Morgan fingerprint density at radius 3 is 2.00 bits per heavy atom. The maximum atomic E-state index is 11.2. The van der Waals surface area contributed by atoms with E-state index < -0.39 is 10.4 Å². The number of carbonyl (C=O) groups excluding carboxylic acids is 1. The SMILES string of the molecule is C=C(C)C(=O)CC[N+](C)(C)CC.CCOS(=O)(=O)[O-]. The van der Waals surface area contributed by atoms with Crippen LogP contribution < -0.4 is 0 Å². The average molecular weight is 295 g/mol. The van der Waals surface area contributed by atoms with Gasteiger partial charge in [0.05, 0.1) is 40.2 Å². The number of nitrogens with zero attached hydrogens (tertiary/aromatic N) is 1. The van der Waals surface area contributed by atoms with Crippen LogP contribution in [0.5, 0.6) is 0 Å². The average Bonchev–Trinajstić information content (AvgIpc) is 2.25. The Hall–Kier alpha value is -0.760. The van der Waals surface area contributed by atoms with Gasteiger partial charge in [0.1, 0.15) is 0 Å². The van der Waals surface area contributed by atoms with E-state index >= 15 is 0 Å². The van der Waals surface area contributed by atoms with Crippen LogP contribution in [-0.4, -0.2) is 57.0 Å². The zero-order chi connectivity index (χ0) is 15.7. The lowest BCUT2D eigenvalue weighted by Gasteiger charge is -2.27. The quantitative estimate of drug-likeness (QED) is 0.304. The molecule has 19 heavy (non-hydrogen) atoms. The van der Waals surface area contributed by atoms with Crippen LogP contribution >= 0.6 is 0 Å². The van der Waals surface area contributed by atoms with Gasteiger partial charge in [0.25, 0.3) is 0 Å². The second-order valence-electron chi connectivity index (χ2n) is 4.74. The van der Waals surface area contributed by atoms with Crippen molar-refractivity contribution in [2.24, 2.45) is 0 Å². The molecule has 0 radical (unpaired) electrons. The highest BCUT2D eigenvalue weighted by molar-refractivity contribution is 7.80. The third-order valence-electron chi connectivity index (χ3n) is 2.54. The number of hydrogen-bond acceptors (Lipinski definition) is 5. The molecule has 114 valence electrons. The van der Waals surface area contributed by atoms with E-state index in [4.69, 9.17) is 0 Å². The fraction of sp³-hybridized carbons (Fsp3) is 0.750. The maximum absolute atomic E-state index is 11.2. The smallest absolute Gasteiger partial charge is 0.217 e. The highest BCUT2D eigenvalue weighted by Crippen LogP contribution is 2.02. The number of hydrogen-bond donors (Lipinski definition) is 0. The lowest BCUT2D eigenvalue weighted by atomic mass is 10.1. The maximum Gasteiger partial charge on any atom is 0.217 e. The molecule has 7 heteroatoms. The Morgan fingerprint density at radius 1 is 1.32 bits per heavy atom. The molecular weight excluding hydrogens is 270 g/mol. The summed E-state index contributed by atoms with van der Waals surface area (Å²) in [6.45, 7) is 10.8. The fourth-order valence-electron chi connectivity index (χ4n) is 0.920. The molecule has 0 aliphatic rings. The Bertz CT molecular complexity index is 387. The molecule has 0 aliphatic carbocycles. The van der Waals surface area contributed by atoms with Crippen molar-refractivity contribution in [1.29, 1.82) is 0 Å². The second kappa shape index (κ2) is 9.19. The van der Waals surface area contributed by atoms with Crippen LogP contribution in [0.15, 0.2) is 12.2 Å². The van der Waals surface area contributed by atoms with Crippen LogP contribution in [0.1, 0.15) is 27.2 Å². The molecule has 0 aromatic heterocycles. The Kier molecular flexibility index (Phi) is 9.95. The molecule has 0 saturated carbocycles. The number of allylic oxidation sites excluding steroid dienone is 1. The molecule has 6 nitrogen and oxygen atoms in total. The van der Waals surface area contributed by atoms with E-state index in [2.05, 4.69) is 31.8 Å². The number of quaternary nitrogens is 1. The highest BCUT2D eigenvalue weighted by Gasteiger charge is 2.14. The van der Waals surface area contributed by atoms with E-state index in [0.29, 0.717) is 12.0 Å². The van der Waals surface area contributed by atoms with Gasteiger partial charge in [-0.05, 0) is 26.3 Å². The van der Waals surface area contributed by atoms with Crippen molar-refractivity contribution in [3.63, 3.8) is 0 Å². The third kappa shape index (κ3) is 15.2. The molecule has 0 spiro atoms. The molecule has 0 heterocycles. The number of Topliss-reactive ketones (excluding diaryl/α,β-unsaturated/α-hetero) is 1. The first-order valence-corrected chi connectivity index (χ1v) is 7.39. The summed E-state index contributed by atoms with van der Waals surface area (Å²) >= 11 is 0. The van der Waals surface area contributed by atoms with Gasteiger partial charge >= 0.3 is 0 Å². The molecule has 0 aromatic carbocycles. The summed E-state index contributed by atoms with van der Waals surface area (Å²) in [5.74, 6) is 0.189. The summed E-state index contributed by atoms with van der Waals surface area (Å²) < 4.78 is 32.9. The van der Waals surface area contributed by atoms with Gasteiger partial charge in [0.2, 0.25) is 10.4 Å². The van der Waals surface area contributed by atoms with Crippen molar-refractivity contribution in [2.75, 3.05) is 33.8 Å². The lowest BCUT2D eigenvalue weighted by molar-refractivity contribution is -0.887. The summed E-state index contributed by atoms with van der Waals surface area (Å²) in [5.41, 5.74) is 0.672. The number of ketones is 1. The zero-order valence-corrected chi connectivity index (χ0v) is 13.2. The number of rotatable bonds is 7. The summed E-state index contributed by atoms with van der Waals surface area (Å²) in [5, 5.41) is 0. The molecule has 0 aliphatic heterocycles. The summed E-state index contributed by atoms with van der Waals surface area (Å²) in [4.78, 5) is 11.2. The van der Waals surface area contributed by atoms with E-state index in [0.717, 1.165) is 17.6 Å². The minimum atomic E-state index is -4.42. The summed E-state index contributed by atoms with van der Waals surface area (Å²) in [6.07, 6.45) is 0.621. The van der Waals surface area contributed by atoms with Gasteiger partial charge in [-0.2, -0.15) is 0 Å². The highest BCUT2D eigenvalue weighted by atomic mass is 32.3. The van der Waals surface area contributed by atoms with Gasteiger partial charge in [-0.1, -0.05) is 6.58 Å².